The van der Waals surface area contributed by atoms with Crippen molar-refractivity contribution in [1.29, 1.82) is 0 Å². The molecule has 3 aromatic rings. The van der Waals surface area contributed by atoms with Crippen molar-refractivity contribution in [2.45, 2.75) is 19.7 Å². The van der Waals surface area contributed by atoms with Gasteiger partial charge in [-0.05, 0) is 28.3 Å². The van der Waals surface area contributed by atoms with Crippen LogP contribution in [-0.4, -0.2) is 7.28 Å². The Morgan fingerprint density at radius 2 is 1.05 bits per heavy atom. The predicted molar refractivity (Wildman–Crippen MR) is 97.8 cm³/mol. The molecular weight excluding hydrogens is 263 g/mol. The minimum absolute atomic E-state index is 0.537. The van der Waals surface area contributed by atoms with Crippen molar-refractivity contribution in [3.05, 3.63) is 78.9 Å². The summed E-state index contributed by atoms with van der Waals surface area (Å²) in [4.78, 5) is 0. The highest BCUT2D eigenvalue weighted by Gasteiger charge is 2.07. The standard InChI is InChI=1S/C21H20B/c1-16(2)22-21-14-19(17-9-5-3-6-10-17)13-20(15-21)18-11-7-4-8-12-18/h3-16H,1-2H3. The summed E-state index contributed by atoms with van der Waals surface area (Å²) < 4.78 is 0. The molecule has 0 heterocycles. The van der Waals surface area contributed by atoms with Crippen LogP contribution in [0, 0.1) is 0 Å². The van der Waals surface area contributed by atoms with E-state index in [0.717, 1.165) is 0 Å². The fourth-order valence-electron chi connectivity index (χ4n) is 2.73. The van der Waals surface area contributed by atoms with E-state index in [-0.39, 0.29) is 0 Å². The SMILES string of the molecule is CC(C)[B]c1cc(-c2ccccc2)cc(-c2ccccc2)c1. The van der Waals surface area contributed by atoms with Crippen molar-refractivity contribution >= 4 is 12.7 Å². The van der Waals surface area contributed by atoms with E-state index in [9.17, 15) is 0 Å². The molecule has 0 bridgehead atoms. The van der Waals surface area contributed by atoms with Gasteiger partial charge in [0.15, 0.2) is 7.28 Å². The van der Waals surface area contributed by atoms with Crippen LogP contribution in [0.5, 0.6) is 0 Å². The highest BCUT2D eigenvalue weighted by Crippen LogP contribution is 2.25. The van der Waals surface area contributed by atoms with Crippen molar-refractivity contribution < 1.29 is 0 Å². The minimum atomic E-state index is 0.537. The van der Waals surface area contributed by atoms with E-state index in [0.29, 0.717) is 5.82 Å². The van der Waals surface area contributed by atoms with Gasteiger partial charge in [0, 0.05) is 0 Å². The van der Waals surface area contributed by atoms with Crippen LogP contribution in [0.25, 0.3) is 22.3 Å². The average Bonchev–Trinajstić information content (AvgIpc) is 2.55. The Morgan fingerprint density at radius 1 is 0.591 bits per heavy atom. The zero-order chi connectivity index (χ0) is 15.4. The average molecular weight is 283 g/mol. The first kappa shape index (κ1) is 14.7. The van der Waals surface area contributed by atoms with E-state index >= 15 is 0 Å². The lowest BCUT2D eigenvalue weighted by Crippen LogP contribution is -2.17. The molecule has 0 aliphatic carbocycles. The largest absolute Gasteiger partial charge is 0.154 e. The monoisotopic (exact) mass is 283 g/mol. The van der Waals surface area contributed by atoms with Gasteiger partial charge in [0.05, 0.1) is 0 Å². The molecule has 0 aliphatic rings. The zero-order valence-corrected chi connectivity index (χ0v) is 13.2. The van der Waals surface area contributed by atoms with Crippen molar-refractivity contribution in [1.82, 2.24) is 0 Å². The molecule has 0 saturated carbocycles. The van der Waals surface area contributed by atoms with Gasteiger partial charge in [-0.1, -0.05) is 97.9 Å². The van der Waals surface area contributed by atoms with Gasteiger partial charge in [0.1, 0.15) is 0 Å². The van der Waals surface area contributed by atoms with Gasteiger partial charge in [0.25, 0.3) is 0 Å². The Bertz CT molecular complexity index is 673. The third kappa shape index (κ3) is 3.48. The van der Waals surface area contributed by atoms with Crippen LogP contribution in [0.2, 0.25) is 5.82 Å². The first-order valence-corrected chi connectivity index (χ1v) is 7.83. The molecule has 0 fully saturated rings. The van der Waals surface area contributed by atoms with E-state index in [2.05, 4.69) is 100.0 Å². The van der Waals surface area contributed by atoms with Gasteiger partial charge in [-0.15, -0.1) is 0 Å². The molecule has 0 atom stereocenters. The first-order valence-electron chi connectivity index (χ1n) is 7.83. The van der Waals surface area contributed by atoms with Crippen LogP contribution in [0.4, 0.5) is 0 Å². The maximum atomic E-state index is 2.32. The summed E-state index contributed by atoms with van der Waals surface area (Å²) in [5.74, 6) is 0.537. The second-order valence-electron chi connectivity index (χ2n) is 5.99. The molecule has 0 aromatic heterocycles. The summed E-state index contributed by atoms with van der Waals surface area (Å²) in [6, 6.07) is 28.0. The molecule has 0 spiro atoms. The smallest absolute Gasteiger partial charge is 0.0863 e. The molecule has 1 radical (unpaired) electrons. The van der Waals surface area contributed by atoms with Gasteiger partial charge in [0.2, 0.25) is 0 Å². The molecule has 0 aliphatic heterocycles. The van der Waals surface area contributed by atoms with Gasteiger partial charge in [-0.25, -0.2) is 0 Å². The van der Waals surface area contributed by atoms with E-state index in [1.165, 1.54) is 27.7 Å². The summed E-state index contributed by atoms with van der Waals surface area (Å²) in [6.45, 7) is 4.44. The third-order valence-corrected chi connectivity index (χ3v) is 3.70. The van der Waals surface area contributed by atoms with Gasteiger partial charge >= 0.3 is 0 Å². The zero-order valence-electron chi connectivity index (χ0n) is 13.2. The lowest BCUT2D eigenvalue weighted by atomic mass is 9.60. The Labute approximate surface area is 134 Å². The van der Waals surface area contributed by atoms with Crippen LogP contribution < -0.4 is 5.46 Å². The summed E-state index contributed by atoms with van der Waals surface area (Å²) in [5.41, 5.74) is 6.36. The molecule has 0 amide bonds. The molecule has 107 valence electrons. The van der Waals surface area contributed by atoms with Gasteiger partial charge in [-0.3, -0.25) is 0 Å². The minimum Gasteiger partial charge on any atom is -0.0863 e. The second kappa shape index (κ2) is 6.66. The maximum Gasteiger partial charge on any atom is 0.154 e. The third-order valence-electron chi connectivity index (χ3n) is 3.70. The van der Waals surface area contributed by atoms with E-state index < -0.39 is 0 Å². The highest BCUT2D eigenvalue weighted by molar-refractivity contribution is 6.55. The van der Waals surface area contributed by atoms with Crippen LogP contribution in [0.1, 0.15) is 13.8 Å². The van der Waals surface area contributed by atoms with E-state index in [4.69, 9.17) is 0 Å². The summed E-state index contributed by atoms with van der Waals surface area (Å²) in [6.07, 6.45) is 0. The molecular formula is C21H20B. The number of hydrogen-bond acceptors (Lipinski definition) is 0. The van der Waals surface area contributed by atoms with Crippen LogP contribution >= 0.6 is 0 Å². The Morgan fingerprint density at radius 3 is 1.45 bits per heavy atom. The molecule has 3 rings (SSSR count). The molecule has 0 nitrogen and oxygen atoms in total. The first-order chi connectivity index (χ1) is 10.7. The topological polar surface area (TPSA) is 0 Å². The Kier molecular flexibility index (Phi) is 4.43. The normalized spacial score (nSPS) is 10.7. The lowest BCUT2D eigenvalue weighted by molar-refractivity contribution is 1.07. The number of hydrogen-bond donors (Lipinski definition) is 0. The molecule has 0 unspecified atom stereocenters. The van der Waals surface area contributed by atoms with Crippen LogP contribution in [0.15, 0.2) is 78.9 Å². The highest BCUT2D eigenvalue weighted by atomic mass is 14.1. The predicted octanol–water partition coefficient (Wildman–Crippen LogP) is 5.18. The Hall–Kier alpha value is -2.28. The van der Waals surface area contributed by atoms with Gasteiger partial charge in [-0.2, -0.15) is 0 Å². The molecule has 0 N–H and O–H groups in total. The summed E-state index contributed by atoms with van der Waals surface area (Å²) in [5, 5.41) is 0. The van der Waals surface area contributed by atoms with Crippen molar-refractivity contribution in [3.8, 4) is 22.3 Å². The van der Waals surface area contributed by atoms with Crippen molar-refractivity contribution in [2.24, 2.45) is 0 Å². The number of rotatable bonds is 4. The van der Waals surface area contributed by atoms with Crippen LogP contribution in [0.3, 0.4) is 0 Å². The quantitative estimate of drug-likeness (QED) is 0.579. The van der Waals surface area contributed by atoms with E-state index in [1.807, 2.05) is 0 Å². The summed E-state index contributed by atoms with van der Waals surface area (Å²) >= 11 is 0. The van der Waals surface area contributed by atoms with Crippen LogP contribution in [-0.2, 0) is 0 Å². The van der Waals surface area contributed by atoms with E-state index in [1.54, 1.807) is 0 Å². The molecule has 3 aromatic carbocycles. The molecule has 0 saturated heterocycles. The maximum absolute atomic E-state index is 2.32. The Balaban J connectivity index is 2.10. The fourth-order valence-corrected chi connectivity index (χ4v) is 2.73. The molecule has 22 heavy (non-hydrogen) atoms. The lowest BCUT2D eigenvalue weighted by Gasteiger charge is -2.11. The van der Waals surface area contributed by atoms with Gasteiger partial charge < -0.3 is 0 Å². The van der Waals surface area contributed by atoms with Crippen molar-refractivity contribution in [2.75, 3.05) is 0 Å². The van der Waals surface area contributed by atoms with Crippen molar-refractivity contribution in [3.63, 3.8) is 0 Å². The molecule has 1 heteroatoms. The second-order valence-corrected chi connectivity index (χ2v) is 5.99. The summed E-state index contributed by atoms with van der Waals surface area (Å²) in [7, 11) is 2.32. The number of benzene rings is 3. The fraction of sp³-hybridized carbons (Fsp3) is 0.143.